The Kier molecular flexibility index (Phi) is 5.14. The van der Waals surface area contributed by atoms with Gasteiger partial charge in [-0.1, -0.05) is 6.07 Å². The molecule has 164 valence electrons. The van der Waals surface area contributed by atoms with Crippen LogP contribution in [0.1, 0.15) is 38.9 Å². The lowest BCUT2D eigenvalue weighted by Crippen LogP contribution is -2.12. The molecule has 5 rings (SSSR count). The van der Waals surface area contributed by atoms with E-state index in [2.05, 4.69) is 25.6 Å². The quantitative estimate of drug-likeness (QED) is 0.266. The van der Waals surface area contributed by atoms with E-state index in [4.69, 9.17) is 0 Å². The van der Waals surface area contributed by atoms with Crippen molar-refractivity contribution in [1.82, 2.24) is 15.0 Å². The number of H-pyrrole nitrogens is 2. The smallest absolute Gasteiger partial charge is 0.255 e. The molecule has 3 aromatic heterocycles. The summed E-state index contributed by atoms with van der Waals surface area (Å²) in [6, 6.07) is 17.2. The van der Waals surface area contributed by atoms with Crippen LogP contribution >= 0.6 is 0 Å². The Balaban J connectivity index is 1.30. The van der Waals surface area contributed by atoms with Crippen LogP contribution in [0.5, 0.6) is 0 Å². The summed E-state index contributed by atoms with van der Waals surface area (Å²) in [6.07, 6.45) is 3.60. The molecule has 0 aliphatic carbocycles. The molecule has 33 heavy (non-hydrogen) atoms. The number of rotatable bonds is 6. The highest BCUT2D eigenvalue weighted by molar-refractivity contribution is 6.06. The van der Waals surface area contributed by atoms with E-state index in [1.165, 1.54) is 6.92 Å². The van der Waals surface area contributed by atoms with E-state index in [0.29, 0.717) is 23.4 Å². The summed E-state index contributed by atoms with van der Waals surface area (Å²) in [5.41, 5.74) is 6.61. The highest BCUT2D eigenvalue weighted by atomic mass is 16.1. The standard InChI is InChI=1S/C26H23N5O2/c1-15-3-5-21(30-26(33)18-4-6-23-17(9-18)7-8-27-23)11-20(15)13-28-22-10-19-12-24(16(2)32)31-25(19)29-14-22/h3-12,14,27-28H,13H2,1-2H3,(H,29,31)(H,30,33). The molecule has 0 saturated carbocycles. The van der Waals surface area contributed by atoms with Gasteiger partial charge in [-0.15, -0.1) is 0 Å². The minimum Gasteiger partial charge on any atom is -0.380 e. The third-order valence-corrected chi connectivity index (χ3v) is 5.75. The zero-order valence-electron chi connectivity index (χ0n) is 18.3. The Bertz CT molecular complexity index is 1510. The molecule has 0 spiro atoms. The first-order valence-corrected chi connectivity index (χ1v) is 10.7. The van der Waals surface area contributed by atoms with Gasteiger partial charge in [0.15, 0.2) is 5.78 Å². The van der Waals surface area contributed by atoms with Crippen molar-refractivity contribution in [2.75, 3.05) is 10.6 Å². The molecule has 0 aliphatic heterocycles. The molecule has 0 fully saturated rings. The number of aromatic amines is 2. The normalized spacial score (nSPS) is 11.1. The average molecular weight is 438 g/mol. The van der Waals surface area contributed by atoms with Crippen LogP contribution in [-0.4, -0.2) is 26.6 Å². The summed E-state index contributed by atoms with van der Waals surface area (Å²) in [5, 5.41) is 8.25. The predicted octanol–water partition coefficient (Wildman–Crippen LogP) is 5.42. The average Bonchev–Trinajstić information content (AvgIpc) is 3.45. The van der Waals surface area contributed by atoms with Gasteiger partial charge in [-0.3, -0.25) is 9.59 Å². The largest absolute Gasteiger partial charge is 0.380 e. The van der Waals surface area contributed by atoms with Gasteiger partial charge in [0.25, 0.3) is 5.91 Å². The second-order valence-corrected chi connectivity index (χ2v) is 8.13. The third-order valence-electron chi connectivity index (χ3n) is 5.75. The summed E-state index contributed by atoms with van der Waals surface area (Å²) in [7, 11) is 0. The number of nitrogens with zero attached hydrogens (tertiary/aromatic N) is 1. The maximum absolute atomic E-state index is 12.8. The van der Waals surface area contributed by atoms with E-state index < -0.39 is 0 Å². The van der Waals surface area contributed by atoms with Crippen LogP contribution in [0.4, 0.5) is 11.4 Å². The van der Waals surface area contributed by atoms with Crippen molar-refractivity contribution in [2.45, 2.75) is 20.4 Å². The maximum Gasteiger partial charge on any atom is 0.255 e. The lowest BCUT2D eigenvalue weighted by atomic mass is 10.1. The summed E-state index contributed by atoms with van der Waals surface area (Å²) < 4.78 is 0. The second-order valence-electron chi connectivity index (χ2n) is 8.13. The molecule has 0 radical (unpaired) electrons. The lowest BCUT2D eigenvalue weighted by molar-refractivity contribution is 0.101. The number of carbonyl (C=O) groups excluding carboxylic acids is 2. The monoisotopic (exact) mass is 437 g/mol. The predicted molar refractivity (Wildman–Crippen MR) is 131 cm³/mol. The Labute approximate surface area is 190 Å². The van der Waals surface area contributed by atoms with Crippen LogP contribution in [0.25, 0.3) is 21.9 Å². The van der Waals surface area contributed by atoms with Gasteiger partial charge in [-0.25, -0.2) is 4.98 Å². The SMILES string of the molecule is CC(=O)c1cc2cc(NCc3cc(NC(=O)c4ccc5[nH]ccc5c4)ccc3C)cnc2[nH]1. The van der Waals surface area contributed by atoms with Gasteiger partial charge >= 0.3 is 0 Å². The number of carbonyl (C=O) groups is 2. The molecule has 5 aromatic rings. The summed E-state index contributed by atoms with van der Waals surface area (Å²) in [6.45, 7) is 4.13. The summed E-state index contributed by atoms with van der Waals surface area (Å²) in [5.74, 6) is -0.172. The number of pyridine rings is 1. The first-order valence-electron chi connectivity index (χ1n) is 10.7. The van der Waals surface area contributed by atoms with Gasteiger partial charge in [-0.05, 0) is 66.6 Å². The lowest BCUT2D eigenvalue weighted by Gasteiger charge is -2.12. The zero-order valence-corrected chi connectivity index (χ0v) is 18.3. The molecule has 7 heteroatoms. The van der Waals surface area contributed by atoms with Gasteiger partial charge in [0.1, 0.15) is 5.65 Å². The molecule has 0 atom stereocenters. The number of ketones is 1. The van der Waals surface area contributed by atoms with Gasteiger partial charge in [0.05, 0.1) is 17.6 Å². The Hall–Kier alpha value is -4.39. The summed E-state index contributed by atoms with van der Waals surface area (Å²) in [4.78, 5) is 34.9. The van der Waals surface area contributed by atoms with Gasteiger partial charge in [0, 0.05) is 47.2 Å². The van der Waals surface area contributed by atoms with Crippen LogP contribution in [0, 0.1) is 6.92 Å². The molecule has 0 saturated heterocycles. The van der Waals surface area contributed by atoms with E-state index in [-0.39, 0.29) is 11.7 Å². The van der Waals surface area contributed by atoms with Crippen LogP contribution in [0.15, 0.2) is 67.0 Å². The number of hydrogen-bond donors (Lipinski definition) is 4. The van der Waals surface area contributed by atoms with E-state index in [0.717, 1.165) is 38.8 Å². The number of benzene rings is 2. The Morgan fingerprint density at radius 1 is 0.970 bits per heavy atom. The molecule has 2 aromatic carbocycles. The fourth-order valence-corrected chi connectivity index (χ4v) is 3.84. The number of amides is 1. The van der Waals surface area contributed by atoms with E-state index in [1.54, 1.807) is 6.20 Å². The first kappa shape index (κ1) is 20.5. The van der Waals surface area contributed by atoms with Crippen molar-refractivity contribution >= 4 is 45.0 Å². The molecular weight excluding hydrogens is 414 g/mol. The number of Topliss-reactive ketones (excluding diaryl/α,β-unsaturated/α-hetero) is 1. The Morgan fingerprint density at radius 3 is 2.70 bits per heavy atom. The topological polar surface area (TPSA) is 103 Å². The van der Waals surface area contributed by atoms with Crippen molar-refractivity contribution in [2.24, 2.45) is 0 Å². The van der Waals surface area contributed by atoms with Gasteiger partial charge in [-0.2, -0.15) is 0 Å². The number of fused-ring (bicyclic) bond motifs is 2. The van der Waals surface area contributed by atoms with E-state index in [9.17, 15) is 9.59 Å². The van der Waals surface area contributed by atoms with Crippen molar-refractivity contribution < 1.29 is 9.59 Å². The van der Waals surface area contributed by atoms with Crippen molar-refractivity contribution in [1.29, 1.82) is 0 Å². The zero-order chi connectivity index (χ0) is 22.9. The maximum atomic E-state index is 12.8. The van der Waals surface area contributed by atoms with Crippen molar-refractivity contribution in [3.8, 4) is 0 Å². The van der Waals surface area contributed by atoms with Crippen LogP contribution in [-0.2, 0) is 6.54 Å². The first-order chi connectivity index (χ1) is 16.0. The van der Waals surface area contributed by atoms with Crippen molar-refractivity contribution in [3.63, 3.8) is 0 Å². The molecule has 0 unspecified atom stereocenters. The number of anilines is 2. The van der Waals surface area contributed by atoms with Crippen LogP contribution < -0.4 is 10.6 Å². The second kappa shape index (κ2) is 8.27. The molecule has 7 nitrogen and oxygen atoms in total. The number of hydrogen-bond acceptors (Lipinski definition) is 4. The Morgan fingerprint density at radius 2 is 1.85 bits per heavy atom. The molecule has 0 bridgehead atoms. The molecule has 4 N–H and O–H groups in total. The number of aromatic nitrogens is 3. The van der Waals surface area contributed by atoms with E-state index in [1.807, 2.05) is 67.7 Å². The van der Waals surface area contributed by atoms with Crippen molar-refractivity contribution in [3.05, 3.63) is 89.4 Å². The number of aryl methyl sites for hydroxylation is 1. The molecular formula is C26H23N5O2. The van der Waals surface area contributed by atoms with Gasteiger partial charge < -0.3 is 20.6 Å². The van der Waals surface area contributed by atoms with E-state index >= 15 is 0 Å². The van der Waals surface area contributed by atoms with Gasteiger partial charge in [0.2, 0.25) is 0 Å². The fraction of sp³-hybridized carbons (Fsp3) is 0.115. The van der Waals surface area contributed by atoms with Crippen LogP contribution in [0.2, 0.25) is 0 Å². The van der Waals surface area contributed by atoms with Crippen LogP contribution in [0.3, 0.4) is 0 Å². The molecule has 1 amide bonds. The minimum atomic E-state index is -0.149. The number of nitrogens with one attached hydrogen (secondary N) is 4. The fourth-order valence-electron chi connectivity index (χ4n) is 3.84. The summed E-state index contributed by atoms with van der Waals surface area (Å²) >= 11 is 0. The highest BCUT2D eigenvalue weighted by Gasteiger charge is 2.10. The molecule has 3 heterocycles. The molecule has 0 aliphatic rings. The third kappa shape index (κ3) is 4.21. The minimum absolute atomic E-state index is 0.0231. The highest BCUT2D eigenvalue weighted by Crippen LogP contribution is 2.22.